The van der Waals surface area contributed by atoms with E-state index in [0.29, 0.717) is 17.9 Å². The van der Waals surface area contributed by atoms with Gasteiger partial charge in [-0.15, -0.1) is 0 Å². The fraction of sp³-hybridized carbons (Fsp3) is 0.250. The average molecular weight is 285 g/mol. The number of rotatable bonds is 5. The first-order valence-electron chi connectivity index (χ1n) is 6.80. The van der Waals surface area contributed by atoms with Gasteiger partial charge in [-0.25, -0.2) is 4.98 Å². The van der Waals surface area contributed by atoms with Crippen molar-refractivity contribution in [3.8, 4) is 5.75 Å². The molecule has 110 valence electrons. The zero-order valence-electron chi connectivity index (χ0n) is 12.4. The minimum atomic E-state index is -0.191. The Morgan fingerprint density at radius 2 is 2.14 bits per heavy atom. The van der Waals surface area contributed by atoms with Gasteiger partial charge in [-0.05, 0) is 49.7 Å². The van der Waals surface area contributed by atoms with Crippen LogP contribution in [0.1, 0.15) is 22.8 Å². The van der Waals surface area contributed by atoms with Gasteiger partial charge in [0, 0.05) is 18.4 Å². The summed E-state index contributed by atoms with van der Waals surface area (Å²) in [5.74, 6) is 1.19. The molecule has 21 heavy (non-hydrogen) atoms. The number of aryl methyl sites for hydroxylation is 1. The van der Waals surface area contributed by atoms with E-state index in [4.69, 9.17) is 4.74 Å². The summed E-state index contributed by atoms with van der Waals surface area (Å²) in [6.45, 7) is 4.60. The molecule has 1 amide bonds. The van der Waals surface area contributed by atoms with Gasteiger partial charge >= 0.3 is 0 Å². The molecule has 5 heteroatoms. The molecule has 0 aliphatic rings. The number of methoxy groups -OCH3 is 1. The van der Waals surface area contributed by atoms with Crippen LogP contribution >= 0.6 is 0 Å². The van der Waals surface area contributed by atoms with Gasteiger partial charge in [0.1, 0.15) is 11.6 Å². The lowest BCUT2D eigenvalue weighted by atomic mass is 10.2. The number of amides is 1. The Bertz CT molecular complexity index is 641. The van der Waals surface area contributed by atoms with Crippen molar-refractivity contribution in [1.82, 2.24) is 4.98 Å². The van der Waals surface area contributed by atoms with Crippen molar-refractivity contribution in [3.05, 3.63) is 47.7 Å². The molecule has 0 atom stereocenters. The SMILES string of the molecule is CCNc1ncccc1C(=O)Nc1ccc(OC)c(C)c1. The van der Waals surface area contributed by atoms with E-state index in [-0.39, 0.29) is 5.91 Å². The van der Waals surface area contributed by atoms with Crippen LogP contribution in [0, 0.1) is 6.92 Å². The van der Waals surface area contributed by atoms with Crippen molar-refractivity contribution in [2.75, 3.05) is 24.3 Å². The molecule has 0 saturated carbocycles. The standard InChI is InChI=1S/C16H19N3O2/c1-4-17-15-13(6-5-9-18-15)16(20)19-12-7-8-14(21-3)11(2)10-12/h5-10H,4H2,1-3H3,(H,17,18)(H,19,20). The molecular weight excluding hydrogens is 266 g/mol. The summed E-state index contributed by atoms with van der Waals surface area (Å²) in [5.41, 5.74) is 2.21. The van der Waals surface area contributed by atoms with Crippen molar-refractivity contribution in [3.63, 3.8) is 0 Å². The quantitative estimate of drug-likeness (QED) is 0.886. The average Bonchev–Trinajstić information content (AvgIpc) is 2.48. The number of nitrogens with one attached hydrogen (secondary N) is 2. The van der Waals surface area contributed by atoms with Gasteiger partial charge in [0.15, 0.2) is 0 Å². The van der Waals surface area contributed by atoms with Crippen LogP contribution in [0.4, 0.5) is 11.5 Å². The topological polar surface area (TPSA) is 63.2 Å². The number of ether oxygens (including phenoxy) is 1. The molecule has 0 unspecified atom stereocenters. The molecule has 0 aliphatic heterocycles. The van der Waals surface area contributed by atoms with Crippen molar-refractivity contribution in [1.29, 1.82) is 0 Å². The molecule has 0 saturated heterocycles. The van der Waals surface area contributed by atoms with Gasteiger partial charge in [-0.2, -0.15) is 0 Å². The second-order valence-electron chi connectivity index (χ2n) is 4.57. The zero-order chi connectivity index (χ0) is 15.2. The maximum absolute atomic E-state index is 12.4. The first-order valence-corrected chi connectivity index (χ1v) is 6.80. The van der Waals surface area contributed by atoms with E-state index >= 15 is 0 Å². The smallest absolute Gasteiger partial charge is 0.259 e. The number of hydrogen-bond donors (Lipinski definition) is 2. The minimum absolute atomic E-state index is 0.191. The zero-order valence-corrected chi connectivity index (χ0v) is 12.4. The van der Waals surface area contributed by atoms with Gasteiger partial charge in [-0.3, -0.25) is 4.79 Å². The normalized spacial score (nSPS) is 10.0. The predicted molar refractivity (Wildman–Crippen MR) is 84.1 cm³/mol. The number of carbonyl (C=O) groups excluding carboxylic acids is 1. The van der Waals surface area contributed by atoms with Crippen molar-refractivity contribution in [2.45, 2.75) is 13.8 Å². The number of benzene rings is 1. The molecule has 0 bridgehead atoms. The van der Waals surface area contributed by atoms with Crippen LogP contribution in [-0.2, 0) is 0 Å². The predicted octanol–water partition coefficient (Wildman–Crippen LogP) is 3.08. The van der Waals surface area contributed by atoms with E-state index in [9.17, 15) is 4.79 Å². The van der Waals surface area contributed by atoms with E-state index in [1.165, 1.54) is 0 Å². The Hall–Kier alpha value is -2.56. The van der Waals surface area contributed by atoms with Crippen LogP contribution in [0.15, 0.2) is 36.5 Å². The molecular formula is C16H19N3O2. The summed E-state index contributed by atoms with van der Waals surface area (Å²) in [5, 5.41) is 5.96. The fourth-order valence-corrected chi connectivity index (χ4v) is 2.05. The third-order valence-electron chi connectivity index (χ3n) is 3.05. The fourth-order valence-electron chi connectivity index (χ4n) is 2.05. The molecule has 0 aliphatic carbocycles. The van der Waals surface area contributed by atoms with Crippen LogP contribution < -0.4 is 15.4 Å². The van der Waals surface area contributed by atoms with Crippen molar-refractivity contribution in [2.24, 2.45) is 0 Å². The largest absolute Gasteiger partial charge is 0.496 e. The summed E-state index contributed by atoms with van der Waals surface area (Å²) < 4.78 is 5.21. The first kappa shape index (κ1) is 14.8. The number of nitrogens with zero attached hydrogens (tertiary/aromatic N) is 1. The Morgan fingerprint density at radius 1 is 1.33 bits per heavy atom. The van der Waals surface area contributed by atoms with Gasteiger partial charge in [0.05, 0.1) is 12.7 Å². The second-order valence-corrected chi connectivity index (χ2v) is 4.57. The molecule has 1 aromatic heterocycles. The highest BCUT2D eigenvalue weighted by Gasteiger charge is 2.12. The summed E-state index contributed by atoms with van der Waals surface area (Å²) in [4.78, 5) is 16.5. The maximum Gasteiger partial charge on any atom is 0.259 e. The van der Waals surface area contributed by atoms with Crippen LogP contribution in [0.3, 0.4) is 0 Å². The van der Waals surface area contributed by atoms with Gasteiger partial charge in [-0.1, -0.05) is 0 Å². The number of anilines is 2. The lowest BCUT2D eigenvalue weighted by Crippen LogP contribution is -2.15. The summed E-state index contributed by atoms with van der Waals surface area (Å²) in [6.07, 6.45) is 1.66. The second kappa shape index (κ2) is 6.74. The van der Waals surface area contributed by atoms with Gasteiger partial charge < -0.3 is 15.4 Å². The maximum atomic E-state index is 12.4. The minimum Gasteiger partial charge on any atom is -0.496 e. The molecule has 2 rings (SSSR count). The van der Waals surface area contributed by atoms with E-state index in [0.717, 1.165) is 17.0 Å². The first-order chi connectivity index (χ1) is 10.2. The number of pyridine rings is 1. The van der Waals surface area contributed by atoms with Crippen LogP contribution in [0.25, 0.3) is 0 Å². The lowest BCUT2D eigenvalue weighted by Gasteiger charge is -2.11. The Balaban J connectivity index is 2.20. The molecule has 2 aromatic rings. The molecule has 1 heterocycles. The van der Waals surface area contributed by atoms with E-state index < -0.39 is 0 Å². The van der Waals surface area contributed by atoms with Gasteiger partial charge in [0.2, 0.25) is 0 Å². The highest BCUT2D eigenvalue weighted by atomic mass is 16.5. The van der Waals surface area contributed by atoms with Gasteiger partial charge in [0.25, 0.3) is 5.91 Å². The number of hydrogen-bond acceptors (Lipinski definition) is 4. The van der Waals surface area contributed by atoms with Crippen molar-refractivity contribution < 1.29 is 9.53 Å². The van der Waals surface area contributed by atoms with Crippen molar-refractivity contribution >= 4 is 17.4 Å². The van der Waals surface area contributed by atoms with E-state index in [1.807, 2.05) is 32.0 Å². The third-order valence-corrected chi connectivity index (χ3v) is 3.05. The monoisotopic (exact) mass is 285 g/mol. The highest BCUT2D eigenvalue weighted by molar-refractivity contribution is 6.07. The molecule has 1 aromatic carbocycles. The van der Waals surface area contributed by atoms with Crippen LogP contribution in [-0.4, -0.2) is 24.5 Å². The Kier molecular flexibility index (Phi) is 4.77. The molecule has 0 spiro atoms. The highest BCUT2D eigenvalue weighted by Crippen LogP contribution is 2.22. The molecule has 5 nitrogen and oxygen atoms in total. The molecule has 0 fully saturated rings. The lowest BCUT2D eigenvalue weighted by molar-refractivity contribution is 0.102. The molecule has 0 radical (unpaired) electrons. The number of aromatic nitrogens is 1. The van der Waals surface area contributed by atoms with E-state index in [2.05, 4.69) is 15.6 Å². The summed E-state index contributed by atoms with van der Waals surface area (Å²) >= 11 is 0. The Morgan fingerprint density at radius 3 is 2.81 bits per heavy atom. The van der Waals surface area contributed by atoms with Crippen LogP contribution in [0.2, 0.25) is 0 Å². The number of carbonyl (C=O) groups is 1. The summed E-state index contributed by atoms with van der Waals surface area (Å²) in [7, 11) is 1.62. The Labute approximate surface area is 124 Å². The third kappa shape index (κ3) is 3.51. The van der Waals surface area contributed by atoms with E-state index in [1.54, 1.807) is 25.4 Å². The summed E-state index contributed by atoms with van der Waals surface area (Å²) in [6, 6.07) is 9.01. The molecule has 2 N–H and O–H groups in total. The van der Waals surface area contributed by atoms with Crippen LogP contribution in [0.5, 0.6) is 5.75 Å².